The van der Waals surface area contributed by atoms with Gasteiger partial charge in [0.05, 0.1) is 13.7 Å². The van der Waals surface area contributed by atoms with Crippen LogP contribution in [0.5, 0.6) is 11.5 Å². The molecule has 1 aromatic rings. The van der Waals surface area contributed by atoms with Crippen molar-refractivity contribution in [1.29, 1.82) is 0 Å². The summed E-state index contributed by atoms with van der Waals surface area (Å²) in [6.07, 6.45) is 3.62. The van der Waals surface area contributed by atoms with E-state index in [2.05, 4.69) is 11.8 Å². The van der Waals surface area contributed by atoms with Crippen LogP contribution < -0.4 is 9.47 Å². The molecular formula is C18H28ClNO3. The zero-order valence-electron chi connectivity index (χ0n) is 14.3. The first-order valence-corrected chi connectivity index (χ1v) is 8.14. The zero-order chi connectivity index (χ0) is 15.9. The highest BCUT2D eigenvalue weighted by molar-refractivity contribution is 5.94. The summed E-state index contributed by atoms with van der Waals surface area (Å²) in [7, 11) is 1.60. The fraction of sp³-hybridized carbons (Fsp3) is 0.611. The summed E-state index contributed by atoms with van der Waals surface area (Å²) in [5.74, 6) is 2.24. The first kappa shape index (κ1) is 19.8. The van der Waals surface area contributed by atoms with E-state index in [4.69, 9.17) is 9.47 Å². The van der Waals surface area contributed by atoms with Crippen LogP contribution in [0.25, 0.3) is 0 Å². The minimum Gasteiger partial charge on any atom is -0.493 e. The Morgan fingerprint density at radius 3 is 2.57 bits per heavy atom. The Morgan fingerprint density at radius 1 is 1.26 bits per heavy atom. The van der Waals surface area contributed by atoms with E-state index in [1.54, 1.807) is 26.2 Å². The molecule has 0 aromatic heterocycles. The number of carbonyl (C=O) groups excluding carboxylic acids is 1. The van der Waals surface area contributed by atoms with E-state index in [0.717, 1.165) is 18.9 Å². The SMILES string of the molecule is COc1cc(C(C)=O)ccc1OCCCN1CCC(C)CC1.Cl. The maximum Gasteiger partial charge on any atom is 0.161 e. The Kier molecular flexibility index (Phi) is 8.42. The van der Waals surface area contributed by atoms with Crippen molar-refractivity contribution in [3.05, 3.63) is 23.8 Å². The summed E-state index contributed by atoms with van der Waals surface area (Å²) in [5, 5.41) is 0. The smallest absolute Gasteiger partial charge is 0.161 e. The first-order chi connectivity index (χ1) is 10.6. The fourth-order valence-electron chi connectivity index (χ4n) is 2.76. The maximum absolute atomic E-state index is 11.4. The van der Waals surface area contributed by atoms with Gasteiger partial charge < -0.3 is 14.4 Å². The van der Waals surface area contributed by atoms with Gasteiger partial charge in [-0.15, -0.1) is 12.4 Å². The predicted molar refractivity (Wildman–Crippen MR) is 95.2 cm³/mol. The lowest BCUT2D eigenvalue weighted by Crippen LogP contribution is -2.34. The third-order valence-electron chi connectivity index (χ3n) is 4.32. The highest BCUT2D eigenvalue weighted by atomic mass is 35.5. The minimum atomic E-state index is 0. The third kappa shape index (κ3) is 6.04. The molecule has 1 saturated heterocycles. The van der Waals surface area contributed by atoms with Crippen molar-refractivity contribution in [3.63, 3.8) is 0 Å². The Bertz CT molecular complexity index is 499. The van der Waals surface area contributed by atoms with Crippen molar-refractivity contribution >= 4 is 18.2 Å². The molecular weight excluding hydrogens is 314 g/mol. The monoisotopic (exact) mass is 341 g/mol. The van der Waals surface area contributed by atoms with Crippen molar-refractivity contribution in [1.82, 2.24) is 4.90 Å². The average molecular weight is 342 g/mol. The summed E-state index contributed by atoms with van der Waals surface area (Å²) in [5.41, 5.74) is 0.645. The number of halogens is 1. The number of benzene rings is 1. The number of nitrogens with zero attached hydrogens (tertiary/aromatic N) is 1. The van der Waals surface area contributed by atoms with Crippen molar-refractivity contribution in [2.75, 3.05) is 33.4 Å². The van der Waals surface area contributed by atoms with Gasteiger partial charge in [0.1, 0.15) is 0 Å². The molecule has 1 fully saturated rings. The number of ether oxygens (including phenoxy) is 2. The molecule has 0 N–H and O–H groups in total. The van der Waals surface area contributed by atoms with E-state index in [1.165, 1.54) is 25.9 Å². The lowest BCUT2D eigenvalue weighted by atomic mass is 9.99. The van der Waals surface area contributed by atoms with Crippen LogP contribution in [-0.2, 0) is 0 Å². The Balaban J connectivity index is 0.00000264. The summed E-state index contributed by atoms with van der Waals surface area (Å²) >= 11 is 0. The molecule has 1 aliphatic rings. The Labute approximate surface area is 145 Å². The normalized spacial score (nSPS) is 15.8. The zero-order valence-corrected chi connectivity index (χ0v) is 15.2. The van der Waals surface area contributed by atoms with Crippen molar-refractivity contribution in [2.45, 2.75) is 33.1 Å². The number of ketones is 1. The Hall–Kier alpha value is -1.26. The highest BCUT2D eigenvalue weighted by Gasteiger charge is 2.15. The topological polar surface area (TPSA) is 38.8 Å². The predicted octanol–water partition coefficient (Wildman–Crippen LogP) is 3.82. The molecule has 4 nitrogen and oxygen atoms in total. The summed E-state index contributed by atoms with van der Waals surface area (Å²) < 4.78 is 11.1. The van der Waals surface area contributed by atoms with Gasteiger partial charge in [0.25, 0.3) is 0 Å². The van der Waals surface area contributed by atoms with E-state index in [0.29, 0.717) is 23.7 Å². The summed E-state index contributed by atoms with van der Waals surface area (Å²) in [6.45, 7) is 8.05. The third-order valence-corrected chi connectivity index (χ3v) is 4.32. The van der Waals surface area contributed by atoms with Crippen LogP contribution in [0.4, 0.5) is 0 Å². The van der Waals surface area contributed by atoms with Gasteiger partial charge in [0.15, 0.2) is 17.3 Å². The van der Waals surface area contributed by atoms with E-state index in [1.807, 2.05) is 6.07 Å². The van der Waals surface area contributed by atoms with Gasteiger partial charge in [-0.05, 0) is 63.4 Å². The quantitative estimate of drug-likeness (QED) is 0.558. The molecule has 0 aliphatic carbocycles. The van der Waals surface area contributed by atoms with Crippen molar-refractivity contribution in [2.24, 2.45) is 5.92 Å². The number of Topliss-reactive ketones (excluding diaryl/α,β-unsaturated/α-hetero) is 1. The number of piperidine rings is 1. The number of methoxy groups -OCH3 is 1. The number of hydrogen-bond acceptors (Lipinski definition) is 4. The molecule has 0 amide bonds. The average Bonchev–Trinajstić information content (AvgIpc) is 2.53. The van der Waals surface area contributed by atoms with Crippen LogP contribution >= 0.6 is 12.4 Å². The van der Waals surface area contributed by atoms with Crippen LogP contribution in [0.3, 0.4) is 0 Å². The second-order valence-electron chi connectivity index (χ2n) is 6.15. The number of hydrogen-bond donors (Lipinski definition) is 0. The molecule has 0 spiro atoms. The second kappa shape index (κ2) is 9.78. The molecule has 5 heteroatoms. The molecule has 0 bridgehead atoms. The molecule has 0 atom stereocenters. The molecule has 0 saturated carbocycles. The molecule has 2 rings (SSSR count). The molecule has 1 aliphatic heterocycles. The minimum absolute atomic E-state index is 0. The first-order valence-electron chi connectivity index (χ1n) is 8.14. The summed E-state index contributed by atoms with van der Waals surface area (Å²) in [4.78, 5) is 13.9. The number of carbonyl (C=O) groups is 1. The molecule has 0 radical (unpaired) electrons. The molecule has 0 unspecified atom stereocenters. The van der Waals surface area contributed by atoms with E-state index < -0.39 is 0 Å². The van der Waals surface area contributed by atoms with Gasteiger partial charge in [0.2, 0.25) is 0 Å². The van der Waals surface area contributed by atoms with E-state index in [-0.39, 0.29) is 18.2 Å². The lowest BCUT2D eigenvalue weighted by Gasteiger charge is -2.30. The summed E-state index contributed by atoms with van der Waals surface area (Å²) in [6, 6.07) is 5.34. The molecule has 23 heavy (non-hydrogen) atoms. The lowest BCUT2D eigenvalue weighted by molar-refractivity contribution is 0.101. The molecule has 130 valence electrons. The standard InChI is InChI=1S/C18H27NO3.ClH/c1-14-7-10-19(11-8-14)9-4-12-22-17-6-5-16(15(2)20)13-18(17)21-3;/h5-6,13-14H,4,7-12H2,1-3H3;1H. The molecule has 1 aromatic carbocycles. The van der Waals surface area contributed by atoms with Crippen LogP contribution in [-0.4, -0.2) is 44.0 Å². The Morgan fingerprint density at radius 2 is 1.96 bits per heavy atom. The maximum atomic E-state index is 11.4. The largest absolute Gasteiger partial charge is 0.493 e. The van der Waals surface area contributed by atoms with Crippen LogP contribution in [0, 0.1) is 5.92 Å². The van der Waals surface area contributed by atoms with Gasteiger partial charge in [-0.2, -0.15) is 0 Å². The van der Waals surface area contributed by atoms with Crippen LogP contribution in [0.1, 0.15) is 43.5 Å². The van der Waals surface area contributed by atoms with Gasteiger partial charge in [-0.25, -0.2) is 0 Å². The fourth-order valence-corrected chi connectivity index (χ4v) is 2.76. The highest BCUT2D eigenvalue weighted by Crippen LogP contribution is 2.28. The number of likely N-dealkylation sites (tertiary alicyclic amines) is 1. The van der Waals surface area contributed by atoms with Gasteiger partial charge in [-0.3, -0.25) is 4.79 Å². The van der Waals surface area contributed by atoms with Gasteiger partial charge >= 0.3 is 0 Å². The van der Waals surface area contributed by atoms with Crippen LogP contribution in [0.2, 0.25) is 0 Å². The van der Waals surface area contributed by atoms with Crippen LogP contribution in [0.15, 0.2) is 18.2 Å². The van der Waals surface area contributed by atoms with Crippen molar-refractivity contribution in [3.8, 4) is 11.5 Å². The van der Waals surface area contributed by atoms with E-state index in [9.17, 15) is 4.79 Å². The van der Waals surface area contributed by atoms with E-state index >= 15 is 0 Å². The van der Waals surface area contributed by atoms with Gasteiger partial charge in [-0.1, -0.05) is 6.92 Å². The molecule has 1 heterocycles. The second-order valence-corrected chi connectivity index (χ2v) is 6.15. The number of rotatable bonds is 7. The van der Waals surface area contributed by atoms with Gasteiger partial charge in [0, 0.05) is 12.1 Å². The van der Waals surface area contributed by atoms with Crippen molar-refractivity contribution < 1.29 is 14.3 Å².